The number of carbonyl (C=O) groups is 2. The first-order valence-electron chi connectivity index (χ1n) is 22.4. The Bertz CT molecular complexity index is 3270. The SMILES string of the molecule is CP(C)(=O)c1cnc2c(O)c(C(=O)NCc3ccc(C(F)(F)F)cc3)nc(N3CCCCS3(=O)=O)c2c1.CP(C)(=O)c1cnc2c(O)c(C(=O)NCc3ccc(C(F)(F)F)cc3)nc(N3CCCCS3(=O)=O)c2c1. The van der Waals surface area contributed by atoms with Crippen molar-refractivity contribution >= 4 is 90.2 Å². The molecule has 2 aliphatic rings. The number of sulfonamides is 2. The van der Waals surface area contributed by atoms with Crippen molar-refractivity contribution in [2.24, 2.45) is 0 Å². The van der Waals surface area contributed by atoms with E-state index in [1.54, 1.807) is 0 Å². The van der Waals surface area contributed by atoms with Crippen LogP contribution in [-0.2, 0) is 54.6 Å². The Kier molecular flexibility index (Phi) is 15.5. The number of hydrogen-bond acceptors (Lipinski definition) is 14. The molecule has 0 saturated carbocycles. The summed E-state index contributed by atoms with van der Waals surface area (Å²) in [6.45, 7) is 5.92. The van der Waals surface area contributed by atoms with Crippen LogP contribution in [0.1, 0.15) is 68.9 Å². The highest BCUT2D eigenvalue weighted by atomic mass is 32.2. The number of aromatic hydroxyl groups is 2. The minimum Gasteiger partial charge on any atom is -0.504 e. The van der Waals surface area contributed by atoms with Crippen molar-refractivity contribution in [2.45, 2.75) is 51.1 Å². The summed E-state index contributed by atoms with van der Waals surface area (Å²) in [6, 6.07) is 11.3. The number of pyridine rings is 4. The molecule has 2 aromatic carbocycles. The van der Waals surface area contributed by atoms with E-state index in [4.69, 9.17) is 0 Å². The summed E-state index contributed by atoms with van der Waals surface area (Å²) in [6.07, 6.45) is -4.40. The lowest BCUT2D eigenvalue weighted by Gasteiger charge is -2.28. The molecule has 4 aromatic heterocycles. The molecule has 0 spiro atoms. The highest BCUT2D eigenvalue weighted by Gasteiger charge is 2.35. The lowest BCUT2D eigenvalue weighted by Crippen LogP contribution is -2.39. The van der Waals surface area contributed by atoms with Gasteiger partial charge in [0.25, 0.3) is 11.8 Å². The molecule has 2 amide bonds. The molecule has 2 saturated heterocycles. The summed E-state index contributed by atoms with van der Waals surface area (Å²) < 4.78 is 156. The van der Waals surface area contributed by atoms with E-state index in [0.717, 1.165) is 32.9 Å². The van der Waals surface area contributed by atoms with Gasteiger partial charge in [-0.3, -0.25) is 28.2 Å². The molecule has 74 heavy (non-hydrogen) atoms. The number of fused-ring (bicyclic) bond motifs is 2. The van der Waals surface area contributed by atoms with Crippen LogP contribution in [0.3, 0.4) is 0 Å². The monoisotopic (exact) mass is 1110 g/mol. The van der Waals surface area contributed by atoms with Gasteiger partial charge in [-0.15, -0.1) is 0 Å². The number of amides is 2. The summed E-state index contributed by atoms with van der Waals surface area (Å²) in [4.78, 5) is 42.7. The highest BCUT2D eigenvalue weighted by molar-refractivity contribution is 7.93. The average Bonchev–Trinajstić information content (AvgIpc) is 3.32. The molecule has 2 fully saturated rings. The Morgan fingerprint density at radius 1 is 0.595 bits per heavy atom. The number of hydrogen-bond donors (Lipinski definition) is 4. The van der Waals surface area contributed by atoms with Crippen LogP contribution in [-0.4, -0.2) is 110 Å². The second-order valence-electron chi connectivity index (χ2n) is 18.1. The van der Waals surface area contributed by atoms with Gasteiger partial charge in [0.1, 0.15) is 25.3 Å². The Labute approximate surface area is 420 Å². The third-order valence-electron chi connectivity index (χ3n) is 11.9. The van der Waals surface area contributed by atoms with Crippen LogP contribution >= 0.6 is 14.3 Å². The van der Waals surface area contributed by atoms with Gasteiger partial charge in [-0.2, -0.15) is 26.3 Å². The van der Waals surface area contributed by atoms with Crippen molar-refractivity contribution in [3.05, 3.63) is 107 Å². The van der Waals surface area contributed by atoms with Gasteiger partial charge in [0, 0.05) is 60.0 Å². The van der Waals surface area contributed by atoms with E-state index < -0.39 is 92.5 Å². The van der Waals surface area contributed by atoms with Crippen LogP contribution in [0.25, 0.3) is 21.8 Å². The van der Waals surface area contributed by atoms with Gasteiger partial charge < -0.3 is 30.0 Å². The summed E-state index contributed by atoms with van der Waals surface area (Å²) in [7, 11) is -13.2. The predicted molar refractivity (Wildman–Crippen MR) is 267 cm³/mol. The van der Waals surface area contributed by atoms with Crippen molar-refractivity contribution < 1.29 is 72.1 Å². The number of rotatable bonds is 10. The van der Waals surface area contributed by atoms with Crippen molar-refractivity contribution in [1.29, 1.82) is 0 Å². The third-order valence-corrected chi connectivity index (χ3v) is 18.5. The number of carbonyl (C=O) groups excluding carboxylic acids is 2. The number of halogens is 6. The molecule has 396 valence electrons. The van der Waals surface area contributed by atoms with Gasteiger partial charge in [0.05, 0.1) is 22.6 Å². The quantitative estimate of drug-likeness (QED) is 0.0802. The molecular formula is C46H48F6N8O10P2S2. The Balaban J connectivity index is 0.000000216. The minimum atomic E-state index is -4.50. The molecule has 18 nitrogen and oxygen atoms in total. The smallest absolute Gasteiger partial charge is 0.416 e. The van der Waals surface area contributed by atoms with Gasteiger partial charge in [-0.25, -0.2) is 26.8 Å². The molecule has 2 aliphatic heterocycles. The maximum atomic E-state index is 13.0. The highest BCUT2D eigenvalue weighted by Crippen LogP contribution is 2.42. The first-order valence-corrected chi connectivity index (χ1v) is 30.8. The molecule has 4 N–H and O–H groups in total. The molecule has 6 heterocycles. The van der Waals surface area contributed by atoms with Crippen molar-refractivity contribution in [1.82, 2.24) is 30.6 Å². The average molecular weight is 1110 g/mol. The third kappa shape index (κ3) is 12.2. The van der Waals surface area contributed by atoms with E-state index >= 15 is 0 Å². The first-order chi connectivity index (χ1) is 34.4. The molecule has 28 heteroatoms. The van der Waals surface area contributed by atoms with E-state index in [0.29, 0.717) is 47.4 Å². The number of nitrogens with zero attached hydrogens (tertiary/aromatic N) is 6. The van der Waals surface area contributed by atoms with Crippen LogP contribution in [0.5, 0.6) is 11.5 Å². The molecule has 8 rings (SSSR count). The van der Waals surface area contributed by atoms with E-state index in [9.17, 15) is 72.1 Å². The summed E-state index contributed by atoms with van der Waals surface area (Å²) >= 11 is 0. The van der Waals surface area contributed by atoms with E-state index in [-0.39, 0.29) is 71.1 Å². The minimum absolute atomic E-state index is 0.0948. The van der Waals surface area contributed by atoms with Crippen molar-refractivity contribution in [3.8, 4) is 11.5 Å². The predicted octanol–water partition coefficient (Wildman–Crippen LogP) is 6.92. The normalized spacial score (nSPS) is 16.1. The number of anilines is 2. The Morgan fingerprint density at radius 3 is 1.23 bits per heavy atom. The number of benzene rings is 2. The zero-order chi connectivity index (χ0) is 54.3. The van der Waals surface area contributed by atoms with Crippen LogP contribution in [0, 0.1) is 0 Å². The molecular weight excluding hydrogens is 1060 g/mol. The molecule has 0 atom stereocenters. The van der Waals surface area contributed by atoms with Crippen LogP contribution in [0.15, 0.2) is 73.1 Å². The topological polar surface area (TPSA) is 259 Å². The molecule has 0 aliphatic carbocycles. The zero-order valence-electron chi connectivity index (χ0n) is 39.8. The fourth-order valence-corrected chi connectivity index (χ4v) is 12.5. The lowest BCUT2D eigenvalue weighted by atomic mass is 10.1. The molecule has 0 bridgehead atoms. The summed E-state index contributed by atoms with van der Waals surface area (Å²) in [5.41, 5.74) is -2.12. The summed E-state index contributed by atoms with van der Waals surface area (Å²) in [5, 5.41) is 27.6. The standard InChI is InChI=1S/2C23H24F3N4O5PS/c2*1-36(2,33)16-11-17-18(27-13-16)20(31)19(29-21(17)30-9-3-4-10-37(30,34)35)22(32)28-12-14-5-7-15(8-6-14)23(24,25)26/h2*5-8,11,13,31H,3-4,9-10,12H2,1-2H3,(H,28,32). The fourth-order valence-electron chi connectivity index (χ4n) is 7.78. The van der Waals surface area contributed by atoms with Crippen LogP contribution < -0.4 is 29.9 Å². The number of alkyl halides is 6. The van der Waals surface area contributed by atoms with Crippen molar-refractivity contribution in [3.63, 3.8) is 0 Å². The second kappa shape index (κ2) is 20.7. The first kappa shape index (κ1) is 55.4. The summed E-state index contributed by atoms with van der Waals surface area (Å²) in [5.74, 6) is -3.45. The van der Waals surface area contributed by atoms with E-state index in [1.807, 2.05) is 0 Å². The maximum absolute atomic E-state index is 13.0. The fraction of sp³-hybridized carbons (Fsp3) is 0.348. The van der Waals surface area contributed by atoms with Crippen molar-refractivity contribution in [2.75, 3.05) is 59.9 Å². The molecule has 6 aromatic rings. The zero-order valence-corrected chi connectivity index (χ0v) is 43.2. The largest absolute Gasteiger partial charge is 0.504 e. The van der Waals surface area contributed by atoms with Gasteiger partial charge >= 0.3 is 12.4 Å². The molecule has 0 unspecified atom stereocenters. The van der Waals surface area contributed by atoms with Crippen LogP contribution in [0.2, 0.25) is 0 Å². The van der Waals surface area contributed by atoms with Gasteiger partial charge in [0.2, 0.25) is 20.0 Å². The number of nitrogens with one attached hydrogen (secondary N) is 2. The Morgan fingerprint density at radius 2 is 0.932 bits per heavy atom. The van der Waals surface area contributed by atoms with Gasteiger partial charge in [0.15, 0.2) is 34.5 Å². The van der Waals surface area contributed by atoms with E-state index in [1.165, 1.54) is 75.5 Å². The molecule has 0 radical (unpaired) electrons. The Hall–Kier alpha value is -6.36. The van der Waals surface area contributed by atoms with E-state index in [2.05, 4.69) is 30.6 Å². The van der Waals surface area contributed by atoms with Crippen LogP contribution in [0.4, 0.5) is 38.0 Å². The number of aromatic nitrogens is 4. The maximum Gasteiger partial charge on any atom is 0.416 e. The lowest BCUT2D eigenvalue weighted by molar-refractivity contribution is -0.138. The van der Waals surface area contributed by atoms with Gasteiger partial charge in [-0.05, 0) is 99.9 Å². The van der Waals surface area contributed by atoms with Gasteiger partial charge in [-0.1, -0.05) is 24.3 Å². The second-order valence-corrected chi connectivity index (χ2v) is 28.6.